The van der Waals surface area contributed by atoms with E-state index in [1.807, 2.05) is 0 Å². The molecule has 262 valence electrons. The van der Waals surface area contributed by atoms with E-state index < -0.39 is 35.3 Å². The maximum atomic E-state index is 13.6. The van der Waals surface area contributed by atoms with Crippen molar-refractivity contribution in [1.29, 1.82) is 0 Å². The van der Waals surface area contributed by atoms with Gasteiger partial charge in [0.2, 0.25) is 17.6 Å². The van der Waals surface area contributed by atoms with Crippen LogP contribution in [0.25, 0.3) is 33.7 Å². The third-order valence-electron chi connectivity index (χ3n) is 7.80. The number of aromatic nitrogens is 8. The number of primary amides is 1. The van der Waals surface area contributed by atoms with Gasteiger partial charge in [-0.25, -0.2) is 24.9 Å². The number of hydrogen-bond acceptors (Lipinski definition) is 10. The molecule has 1 unspecified atom stereocenters. The van der Waals surface area contributed by atoms with Gasteiger partial charge in [-0.1, -0.05) is 6.92 Å². The van der Waals surface area contributed by atoms with E-state index in [-0.39, 0.29) is 45.2 Å². The molecule has 13 nitrogen and oxygen atoms in total. The quantitative estimate of drug-likeness (QED) is 0.204. The summed E-state index contributed by atoms with van der Waals surface area (Å²) in [5.74, 6) is -2.00. The lowest BCUT2D eigenvalue weighted by molar-refractivity contribution is -0.146. The molecule has 1 atom stereocenters. The molecule has 0 aliphatic rings. The van der Waals surface area contributed by atoms with Gasteiger partial charge in [-0.3, -0.25) is 18.9 Å². The van der Waals surface area contributed by atoms with Gasteiger partial charge in [0.1, 0.15) is 17.3 Å². The van der Waals surface area contributed by atoms with E-state index in [1.54, 1.807) is 19.9 Å². The number of amides is 1. The summed E-state index contributed by atoms with van der Waals surface area (Å²) in [5.41, 5.74) is 10.8. The smallest absolute Gasteiger partial charge is 0.450 e. The summed E-state index contributed by atoms with van der Waals surface area (Å²) in [4.78, 5) is 35.0. The summed E-state index contributed by atoms with van der Waals surface area (Å²) in [5, 5.41) is 0. The van der Waals surface area contributed by atoms with Crippen LogP contribution >= 0.6 is 0 Å². The van der Waals surface area contributed by atoms with Crippen molar-refractivity contribution < 1.29 is 40.6 Å². The maximum Gasteiger partial charge on any atom is 0.450 e. The van der Waals surface area contributed by atoms with Crippen LogP contribution in [-0.2, 0) is 22.6 Å². The second-order valence-electron chi connectivity index (χ2n) is 10.9. The number of ether oxygens (including phenoxy) is 2. The van der Waals surface area contributed by atoms with Crippen molar-refractivity contribution in [3.8, 4) is 23.1 Å². The van der Waals surface area contributed by atoms with Crippen LogP contribution in [0.15, 0.2) is 61.2 Å². The minimum absolute atomic E-state index is 0.0193. The molecule has 2 aromatic carbocycles. The lowest BCUT2D eigenvalue weighted by Gasteiger charge is -2.23. The highest BCUT2D eigenvalue weighted by molar-refractivity contribution is 5.85. The molecule has 0 saturated carbocycles. The van der Waals surface area contributed by atoms with Crippen LogP contribution in [0.4, 0.5) is 32.2 Å². The number of nitrogen functional groups attached to an aromatic ring is 1. The second-order valence-corrected chi connectivity index (χ2v) is 10.9. The van der Waals surface area contributed by atoms with E-state index in [9.17, 15) is 31.1 Å². The van der Waals surface area contributed by atoms with Crippen LogP contribution in [-0.4, -0.2) is 59.2 Å². The Morgan fingerprint density at radius 1 is 0.740 bits per heavy atom. The number of rotatable bonds is 7. The lowest BCUT2D eigenvalue weighted by atomic mass is 9.83. The van der Waals surface area contributed by atoms with E-state index in [2.05, 4.69) is 29.9 Å². The minimum atomic E-state index is -4.71. The number of carbonyl (C=O) groups is 1. The number of nitrogens with two attached hydrogens (primary N) is 2. The number of fused-ring (bicyclic) bond motifs is 2. The fourth-order valence-corrected chi connectivity index (χ4v) is 4.87. The van der Waals surface area contributed by atoms with E-state index >= 15 is 0 Å². The lowest BCUT2D eigenvalue weighted by Crippen LogP contribution is -2.38. The van der Waals surface area contributed by atoms with Crippen molar-refractivity contribution in [2.75, 3.05) is 20.0 Å². The van der Waals surface area contributed by atoms with Crippen molar-refractivity contribution in [1.82, 2.24) is 39.0 Å². The summed E-state index contributed by atoms with van der Waals surface area (Å²) in [7, 11) is 2.84. The van der Waals surface area contributed by atoms with Crippen molar-refractivity contribution >= 4 is 33.8 Å². The molecule has 6 rings (SSSR count). The van der Waals surface area contributed by atoms with Gasteiger partial charge in [0.25, 0.3) is 0 Å². The largest absolute Gasteiger partial charge is 0.497 e. The summed E-state index contributed by atoms with van der Waals surface area (Å²) in [6.45, 7) is 3.37. The summed E-state index contributed by atoms with van der Waals surface area (Å²) >= 11 is 0. The number of imidazole rings is 2. The Hall–Kier alpha value is -6.01. The van der Waals surface area contributed by atoms with Crippen molar-refractivity contribution in [3.63, 3.8) is 0 Å². The Labute approximate surface area is 278 Å². The average Bonchev–Trinajstić information content (AvgIpc) is 3.67. The van der Waals surface area contributed by atoms with Gasteiger partial charge in [0, 0.05) is 12.1 Å². The number of hydrogen-bond donors (Lipinski definition) is 2. The first-order valence-electron chi connectivity index (χ1n) is 14.5. The topological polar surface area (TPSA) is 175 Å². The molecule has 0 saturated heterocycles. The molecule has 0 spiro atoms. The fraction of sp³-hybridized carbons (Fsp3) is 0.258. The highest BCUT2D eigenvalue weighted by Crippen LogP contribution is 2.36. The summed E-state index contributed by atoms with van der Waals surface area (Å²) < 4.78 is 92.2. The van der Waals surface area contributed by atoms with Crippen LogP contribution < -0.4 is 20.9 Å². The molecule has 4 heterocycles. The predicted octanol–water partition coefficient (Wildman–Crippen LogP) is 5.42. The van der Waals surface area contributed by atoms with Gasteiger partial charge in [0.05, 0.1) is 72.2 Å². The number of nitrogens with zero attached hydrogens (tertiary/aromatic N) is 8. The number of alkyl halides is 6. The van der Waals surface area contributed by atoms with Gasteiger partial charge in [-0.15, -0.1) is 0 Å². The molecule has 4 aromatic heterocycles. The first-order chi connectivity index (χ1) is 23.5. The number of carbonyl (C=O) groups excluding carboxylic acids is 1. The Morgan fingerprint density at radius 3 is 1.54 bits per heavy atom. The molecule has 0 aliphatic carbocycles. The molecular formula is C31H28F6N10O3. The SMILES string of the molecule is CCC(C)(C(N)=O)c1cnc(-n2c(C(F)(F)F)nc3cc(OC)ccc32)cn1.COc1ccc2c(c1)nc(C(F)(F)F)n2-c1cnc(N)cn1. The van der Waals surface area contributed by atoms with Crippen LogP contribution in [0, 0.1) is 0 Å². The minimum Gasteiger partial charge on any atom is -0.497 e. The molecule has 6 aromatic rings. The van der Waals surface area contributed by atoms with Gasteiger partial charge in [-0.2, -0.15) is 26.3 Å². The zero-order valence-corrected chi connectivity index (χ0v) is 26.7. The Morgan fingerprint density at radius 2 is 1.20 bits per heavy atom. The zero-order valence-electron chi connectivity index (χ0n) is 26.7. The number of benzene rings is 2. The fourth-order valence-electron chi connectivity index (χ4n) is 4.87. The van der Waals surface area contributed by atoms with Crippen LogP contribution in [0.5, 0.6) is 11.5 Å². The number of methoxy groups -OCH3 is 2. The standard InChI is InChI=1S/C18H18F3N5O2.C13H10F3N5O/c1-4-17(2,15(22)27)13-8-24-14(9-23-13)26-12-6-5-10(28-3)7-11(12)25-16(26)18(19,20)21;1-22-7-2-3-9-8(4-7)20-12(13(14,15)16)21(9)11-6-18-10(17)5-19-11/h5-9H,4H2,1-3H3,(H2,22,27);2-6H,1H3,(H2,17,18). The average molecular weight is 703 g/mol. The monoisotopic (exact) mass is 702 g/mol. The van der Waals surface area contributed by atoms with Gasteiger partial charge >= 0.3 is 12.4 Å². The molecule has 0 bridgehead atoms. The summed E-state index contributed by atoms with van der Waals surface area (Å²) in [6.07, 6.45) is -4.20. The maximum absolute atomic E-state index is 13.6. The Balaban J connectivity index is 0.000000200. The molecular weight excluding hydrogens is 674 g/mol. The zero-order chi connectivity index (χ0) is 36.6. The molecule has 0 aliphatic heterocycles. The Kier molecular flexibility index (Phi) is 9.27. The van der Waals surface area contributed by atoms with E-state index in [0.29, 0.717) is 17.9 Å². The second kappa shape index (κ2) is 13.1. The van der Waals surface area contributed by atoms with E-state index in [0.717, 1.165) is 15.3 Å². The number of halogens is 6. The van der Waals surface area contributed by atoms with E-state index in [4.69, 9.17) is 20.9 Å². The van der Waals surface area contributed by atoms with Gasteiger partial charge in [0.15, 0.2) is 11.6 Å². The first kappa shape index (κ1) is 35.3. The summed E-state index contributed by atoms with van der Waals surface area (Å²) in [6, 6.07) is 8.85. The highest BCUT2D eigenvalue weighted by atomic mass is 19.4. The molecule has 0 radical (unpaired) electrons. The molecule has 19 heteroatoms. The molecule has 0 fully saturated rings. The molecule has 1 amide bonds. The molecule has 50 heavy (non-hydrogen) atoms. The van der Waals surface area contributed by atoms with Gasteiger partial charge < -0.3 is 20.9 Å². The van der Waals surface area contributed by atoms with Crippen LogP contribution in [0.3, 0.4) is 0 Å². The van der Waals surface area contributed by atoms with Crippen molar-refractivity contribution in [3.05, 3.63) is 78.5 Å². The predicted molar refractivity (Wildman–Crippen MR) is 168 cm³/mol. The van der Waals surface area contributed by atoms with Gasteiger partial charge in [-0.05, 0) is 37.6 Å². The van der Waals surface area contributed by atoms with Crippen LogP contribution in [0.1, 0.15) is 37.6 Å². The molecule has 4 N–H and O–H groups in total. The normalized spacial score (nSPS) is 13.1. The Bertz CT molecular complexity index is 2160. The number of anilines is 1. The highest BCUT2D eigenvalue weighted by Gasteiger charge is 2.40. The first-order valence-corrected chi connectivity index (χ1v) is 14.5. The van der Waals surface area contributed by atoms with E-state index in [1.165, 1.54) is 63.1 Å². The van der Waals surface area contributed by atoms with Crippen LogP contribution in [0.2, 0.25) is 0 Å². The van der Waals surface area contributed by atoms with Crippen molar-refractivity contribution in [2.24, 2.45) is 5.73 Å². The van der Waals surface area contributed by atoms with Crippen molar-refractivity contribution in [2.45, 2.75) is 38.0 Å². The third kappa shape index (κ3) is 6.65. The third-order valence-corrected chi connectivity index (χ3v) is 7.80.